The molecule has 0 spiro atoms. The molecule has 6 nitrogen and oxygen atoms in total. The zero-order valence-electron chi connectivity index (χ0n) is 11.3. The van der Waals surface area contributed by atoms with Gasteiger partial charge in [0, 0.05) is 12.0 Å². The largest absolute Gasteiger partial charge is 0.335 e. The molecular weight excluding hydrogens is 340 g/mol. The molecule has 22 heavy (non-hydrogen) atoms. The van der Waals surface area contributed by atoms with Gasteiger partial charge in [-0.05, 0) is 36.0 Å². The highest BCUT2D eigenvalue weighted by Gasteiger charge is 2.27. The van der Waals surface area contributed by atoms with Gasteiger partial charge in [0.2, 0.25) is 5.16 Å². The molecule has 9 heteroatoms. The van der Waals surface area contributed by atoms with Crippen LogP contribution < -0.4 is 5.84 Å². The molecule has 0 amide bonds. The van der Waals surface area contributed by atoms with Crippen molar-refractivity contribution in [3.8, 4) is 10.7 Å². The standard InChI is InChI=1S/C13H11ClN6S2/c14-9-6-10(17-11(16-9)7-3-4-7)22-13-19-18-12(20(13)15)8-2-1-5-21-8/h1-2,5-7H,3-4,15H2. The van der Waals surface area contributed by atoms with Crippen LogP contribution in [0.2, 0.25) is 5.15 Å². The first-order valence-corrected chi connectivity index (χ1v) is 8.75. The summed E-state index contributed by atoms with van der Waals surface area (Å²) in [4.78, 5) is 9.79. The van der Waals surface area contributed by atoms with Crippen molar-refractivity contribution in [2.75, 3.05) is 5.84 Å². The van der Waals surface area contributed by atoms with Crippen molar-refractivity contribution in [1.82, 2.24) is 24.8 Å². The van der Waals surface area contributed by atoms with E-state index < -0.39 is 0 Å². The van der Waals surface area contributed by atoms with Crippen LogP contribution in [0, 0.1) is 0 Å². The Balaban J connectivity index is 1.64. The molecule has 3 heterocycles. The SMILES string of the molecule is Nn1c(Sc2cc(Cl)nc(C3CC3)n2)nnc1-c1cccs1. The lowest BCUT2D eigenvalue weighted by Crippen LogP contribution is -2.11. The van der Waals surface area contributed by atoms with E-state index in [1.54, 1.807) is 17.4 Å². The number of rotatable bonds is 4. The highest BCUT2D eigenvalue weighted by Crippen LogP contribution is 2.39. The van der Waals surface area contributed by atoms with Gasteiger partial charge in [-0.3, -0.25) is 0 Å². The fourth-order valence-electron chi connectivity index (χ4n) is 2.00. The smallest absolute Gasteiger partial charge is 0.216 e. The van der Waals surface area contributed by atoms with Crippen molar-refractivity contribution in [3.05, 3.63) is 34.6 Å². The van der Waals surface area contributed by atoms with Crippen LogP contribution in [0.3, 0.4) is 0 Å². The van der Waals surface area contributed by atoms with Crippen molar-refractivity contribution in [2.45, 2.75) is 28.9 Å². The highest BCUT2D eigenvalue weighted by atomic mass is 35.5. The maximum atomic E-state index is 6.09. The Hall–Kier alpha value is -1.64. The minimum Gasteiger partial charge on any atom is -0.335 e. The average molecular weight is 351 g/mol. The lowest BCUT2D eigenvalue weighted by atomic mass is 10.4. The molecule has 4 rings (SSSR count). The van der Waals surface area contributed by atoms with Crippen LogP contribution in [0.25, 0.3) is 10.7 Å². The van der Waals surface area contributed by atoms with Crippen molar-refractivity contribution in [3.63, 3.8) is 0 Å². The lowest BCUT2D eigenvalue weighted by Gasteiger charge is -2.04. The normalized spacial score (nSPS) is 14.4. The summed E-state index contributed by atoms with van der Waals surface area (Å²) in [7, 11) is 0. The van der Waals surface area contributed by atoms with Crippen molar-refractivity contribution < 1.29 is 0 Å². The number of thiophene rings is 1. The molecule has 112 valence electrons. The summed E-state index contributed by atoms with van der Waals surface area (Å²) < 4.78 is 1.48. The molecule has 0 aromatic carbocycles. The third kappa shape index (κ3) is 2.69. The van der Waals surface area contributed by atoms with Gasteiger partial charge in [0.1, 0.15) is 16.0 Å². The van der Waals surface area contributed by atoms with E-state index >= 15 is 0 Å². The molecule has 0 atom stereocenters. The van der Waals surface area contributed by atoms with Crippen LogP contribution in [0.4, 0.5) is 0 Å². The fraction of sp³-hybridized carbons (Fsp3) is 0.231. The number of hydrogen-bond acceptors (Lipinski definition) is 7. The number of hydrogen-bond donors (Lipinski definition) is 1. The second kappa shape index (κ2) is 5.53. The first-order chi connectivity index (χ1) is 10.7. The minimum atomic E-state index is 0.440. The number of nitrogens with zero attached hydrogens (tertiary/aromatic N) is 5. The van der Waals surface area contributed by atoms with Crippen LogP contribution >= 0.6 is 34.7 Å². The van der Waals surface area contributed by atoms with E-state index in [-0.39, 0.29) is 0 Å². The van der Waals surface area contributed by atoms with Gasteiger partial charge < -0.3 is 5.84 Å². The van der Waals surface area contributed by atoms with Crippen molar-refractivity contribution in [1.29, 1.82) is 0 Å². The number of nitrogens with two attached hydrogens (primary N) is 1. The Morgan fingerprint density at radius 3 is 2.91 bits per heavy atom. The first-order valence-electron chi connectivity index (χ1n) is 6.67. The van der Waals surface area contributed by atoms with E-state index in [1.807, 2.05) is 17.5 Å². The van der Waals surface area contributed by atoms with E-state index in [0.717, 1.165) is 28.6 Å². The molecular formula is C13H11ClN6S2. The van der Waals surface area contributed by atoms with Crippen LogP contribution in [0.15, 0.2) is 33.8 Å². The number of halogens is 1. The van der Waals surface area contributed by atoms with Gasteiger partial charge in [0.15, 0.2) is 5.82 Å². The van der Waals surface area contributed by atoms with Gasteiger partial charge >= 0.3 is 0 Å². The van der Waals surface area contributed by atoms with Gasteiger partial charge in [-0.1, -0.05) is 17.7 Å². The maximum Gasteiger partial charge on any atom is 0.216 e. The predicted molar refractivity (Wildman–Crippen MR) is 86.6 cm³/mol. The fourth-order valence-corrected chi connectivity index (χ4v) is 3.73. The Kier molecular flexibility index (Phi) is 3.51. The highest BCUT2D eigenvalue weighted by molar-refractivity contribution is 7.99. The van der Waals surface area contributed by atoms with Crippen molar-refractivity contribution >= 4 is 34.7 Å². The van der Waals surface area contributed by atoms with Gasteiger partial charge in [-0.25, -0.2) is 14.6 Å². The molecule has 0 radical (unpaired) electrons. The van der Waals surface area contributed by atoms with Crippen LogP contribution in [0.1, 0.15) is 24.6 Å². The van der Waals surface area contributed by atoms with Crippen LogP contribution in [-0.4, -0.2) is 24.8 Å². The quantitative estimate of drug-likeness (QED) is 0.574. The molecule has 0 saturated heterocycles. The molecule has 1 aliphatic carbocycles. The van der Waals surface area contributed by atoms with Gasteiger partial charge in [0.05, 0.1) is 4.88 Å². The zero-order chi connectivity index (χ0) is 15.1. The molecule has 0 aliphatic heterocycles. The molecule has 3 aromatic heterocycles. The molecule has 1 fully saturated rings. The number of aromatic nitrogens is 5. The second-order valence-corrected chi connectivity index (χ2v) is 7.24. The zero-order valence-corrected chi connectivity index (χ0v) is 13.7. The molecule has 1 saturated carbocycles. The van der Waals surface area contributed by atoms with E-state index in [1.165, 1.54) is 16.4 Å². The van der Waals surface area contributed by atoms with Gasteiger partial charge in [0.25, 0.3) is 0 Å². The Bertz CT molecular complexity index is 812. The molecule has 3 aromatic rings. The molecule has 2 N–H and O–H groups in total. The molecule has 1 aliphatic rings. The topological polar surface area (TPSA) is 82.5 Å². The minimum absolute atomic E-state index is 0.440. The van der Waals surface area contributed by atoms with Crippen molar-refractivity contribution in [2.24, 2.45) is 0 Å². The first kappa shape index (κ1) is 14.0. The van der Waals surface area contributed by atoms with E-state index in [2.05, 4.69) is 20.2 Å². The maximum absolute atomic E-state index is 6.09. The summed E-state index contributed by atoms with van der Waals surface area (Å²) in [5, 5.41) is 12.0. The van der Waals surface area contributed by atoms with Crippen LogP contribution in [-0.2, 0) is 0 Å². The third-order valence-corrected chi connectivity index (χ3v) is 5.17. The lowest BCUT2D eigenvalue weighted by molar-refractivity contribution is 0.838. The predicted octanol–water partition coefficient (Wildman–Crippen LogP) is 3.19. The summed E-state index contributed by atoms with van der Waals surface area (Å²) >= 11 is 8.98. The Morgan fingerprint density at radius 2 is 2.18 bits per heavy atom. The molecule has 0 unspecified atom stereocenters. The summed E-state index contributed by atoms with van der Waals surface area (Å²) in [6, 6.07) is 5.63. The Labute approximate surface area is 139 Å². The second-order valence-electron chi connectivity index (χ2n) is 4.92. The van der Waals surface area contributed by atoms with E-state index in [0.29, 0.717) is 22.1 Å². The summed E-state index contributed by atoms with van der Waals surface area (Å²) in [6.07, 6.45) is 2.25. The van der Waals surface area contributed by atoms with Crippen LogP contribution in [0.5, 0.6) is 0 Å². The van der Waals surface area contributed by atoms with Gasteiger partial charge in [-0.2, -0.15) is 0 Å². The summed E-state index contributed by atoms with van der Waals surface area (Å²) in [5.74, 6) is 7.97. The van der Waals surface area contributed by atoms with E-state index in [4.69, 9.17) is 17.4 Å². The third-order valence-electron chi connectivity index (χ3n) is 3.23. The van der Waals surface area contributed by atoms with Gasteiger partial charge in [-0.15, -0.1) is 21.5 Å². The number of nitrogen functional groups attached to an aromatic ring is 1. The summed E-state index contributed by atoms with van der Waals surface area (Å²) in [5.41, 5.74) is 0. The average Bonchev–Trinajstić information content (AvgIpc) is 3.10. The Morgan fingerprint density at radius 1 is 1.32 bits per heavy atom. The molecule has 0 bridgehead atoms. The monoisotopic (exact) mass is 350 g/mol. The summed E-state index contributed by atoms with van der Waals surface area (Å²) in [6.45, 7) is 0. The van der Waals surface area contributed by atoms with E-state index in [9.17, 15) is 0 Å².